The third-order valence-electron chi connectivity index (χ3n) is 4.90. The summed E-state index contributed by atoms with van der Waals surface area (Å²) in [5.41, 5.74) is 1.66. The zero-order chi connectivity index (χ0) is 23.1. The molecular weight excluding hydrogens is 431 g/mol. The third-order valence-corrected chi connectivity index (χ3v) is 6.72. The van der Waals surface area contributed by atoms with Gasteiger partial charge in [0.05, 0.1) is 10.9 Å². The van der Waals surface area contributed by atoms with Gasteiger partial charge in [0.15, 0.2) is 6.61 Å². The highest BCUT2D eigenvalue weighted by molar-refractivity contribution is 7.89. The Morgan fingerprint density at radius 1 is 1.00 bits per heavy atom. The molecular formula is C24H25FN2O4S. The summed E-state index contributed by atoms with van der Waals surface area (Å²) < 4.78 is 45.3. The smallest absolute Gasteiger partial charge is 0.258 e. The van der Waals surface area contributed by atoms with Crippen LogP contribution >= 0.6 is 0 Å². The Morgan fingerprint density at radius 3 is 2.25 bits per heavy atom. The number of carbonyl (C=O) groups is 1. The zero-order valence-corrected chi connectivity index (χ0v) is 18.7. The minimum atomic E-state index is -3.66. The van der Waals surface area contributed by atoms with Crippen LogP contribution in [0.25, 0.3) is 0 Å². The molecule has 0 saturated heterocycles. The molecule has 0 radical (unpaired) electrons. The van der Waals surface area contributed by atoms with Crippen LogP contribution in [0.2, 0.25) is 0 Å². The molecule has 0 spiro atoms. The van der Waals surface area contributed by atoms with Crippen molar-refractivity contribution in [3.8, 4) is 5.75 Å². The second-order valence-corrected chi connectivity index (χ2v) is 9.39. The van der Waals surface area contributed by atoms with Crippen molar-refractivity contribution in [3.05, 3.63) is 95.8 Å². The first-order chi connectivity index (χ1) is 15.3. The standard InChI is InChI=1S/C24H25FN2O4S/c1-18(20-8-10-21(25)11-9-20)26-24(28)17-31-22-12-14-23(15-13-22)32(29,30)27(2)16-19-6-4-3-5-7-19/h3-15,18H,16-17H2,1-2H3,(H,26,28)/t18-/m0/s1. The molecule has 0 aliphatic rings. The number of benzene rings is 3. The molecule has 3 aromatic carbocycles. The Morgan fingerprint density at radius 2 is 1.62 bits per heavy atom. The summed E-state index contributed by atoms with van der Waals surface area (Å²) in [6, 6.07) is 20.8. The molecule has 168 valence electrons. The topological polar surface area (TPSA) is 75.7 Å². The number of amides is 1. The van der Waals surface area contributed by atoms with Gasteiger partial charge in [-0.15, -0.1) is 0 Å². The van der Waals surface area contributed by atoms with E-state index in [1.165, 1.54) is 47.8 Å². The van der Waals surface area contributed by atoms with Gasteiger partial charge >= 0.3 is 0 Å². The SMILES string of the molecule is C[C@H](NC(=O)COc1ccc(S(=O)(=O)N(C)Cc2ccccc2)cc1)c1ccc(F)cc1. The molecule has 6 nitrogen and oxygen atoms in total. The molecule has 1 atom stereocenters. The molecule has 1 N–H and O–H groups in total. The lowest BCUT2D eigenvalue weighted by Gasteiger charge is -2.18. The van der Waals surface area contributed by atoms with Gasteiger partial charge in [0, 0.05) is 13.6 Å². The largest absolute Gasteiger partial charge is 0.484 e. The highest BCUT2D eigenvalue weighted by atomic mass is 32.2. The maximum atomic E-state index is 13.0. The average molecular weight is 457 g/mol. The van der Waals surface area contributed by atoms with Crippen molar-refractivity contribution in [2.75, 3.05) is 13.7 Å². The maximum absolute atomic E-state index is 13.0. The fourth-order valence-corrected chi connectivity index (χ4v) is 4.24. The van der Waals surface area contributed by atoms with E-state index in [1.807, 2.05) is 30.3 Å². The fraction of sp³-hybridized carbons (Fsp3) is 0.208. The van der Waals surface area contributed by atoms with E-state index in [2.05, 4.69) is 5.32 Å². The predicted octanol–water partition coefficient (Wildman–Crippen LogP) is 3.90. The van der Waals surface area contributed by atoms with Crippen molar-refractivity contribution < 1.29 is 22.3 Å². The number of nitrogens with zero attached hydrogens (tertiary/aromatic N) is 1. The first-order valence-electron chi connectivity index (χ1n) is 10.0. The fourth-order valence-electron chi connectivity index (χ4n) is 3.08. The summed E-state index contributed by atoms with van der Waals surface area (Å²) in [5.74, 6) is -0.312. The summed E-state index contributed by atoms with van der Waals surface area (Å²) in [7, 11) is -2.14. The van der Waals surface area contributed by atoms with Crippen molar-refractivity contribution in [3.63, 3.8) is 0 Å². The van der Waals surface area contributed by atoms with Gasteiger partial charge in [-0.25, -0.2) is 12.8 Å². The molecule has 0 unspecified atom stereocenters. The van der Waals surface area contributed by atoms with Crippen molar-refractivity contribution in [1.29, 1.82) is 0 Å². The molecule has 0 bridgehead atoms. The first kappa shape index (κ1) is 23.4. The second-order valence-electron chi connectivity index (χ2n) is 7.35. The predicted molar refractivity (Wildman–Crippen MR) is 120 cm³/mol. The van der Waals surface area contributed by atoms with Crippen LogP contribution in [0.3, 0.4) is 0 Å². The monoisotopic (exact) mass is 456 g/mol. The van der Waals surface area contributed by atoms with Crippen LogP contribution in [0, 0.1) is 5.82 Å². The Labute approximate surface area is 187 Å². The number of hydrogen-bond donors (Lipinski definition) is 1. The Bertz CT molecular complexity index is 1130. The number of sulfonamides is 1. The summed E-state index contributed by atoms with van der Waals surface area (Å²) in [5, 5.41) is 2.77. The maximum Gasteiger partial charge on any atom is 0.258 e. The first-order valence-corrected chi connectivity index (χ1v) is 11.5. The highest BCUT2D eigenvalue weighted by Gasteiger charge is 2.21. The number of nitrogens with one attached hydrogen (secondary N) is 1. The number of rotatable bonds is 9. The van der Waals surface area contributed by atoms with Crippen LogP contribution < -0.4 is 10.1 Å². The van der Waals surface area contributed by atoms with E-state index in [9.17, 15) is 17.6 Å². The molecule has 0 fully saturated rings. The molecule has 1 amide bonds. The number of halogens is 1. The van der Waals surface area contributed by atoms with E-state index in [-0.39, 0.29) is 35.8 Å². The normalized spacial score (nSPS) is 12.4. The molecule has 8 heteroatoms. The zero-order valence-electron chi connectivity index (χ0n) is 17.9. The van der Waals surface area contributed by atoms with Gasteiger partial charge in [0.1, 0.15) is 11.6 Å². The van der Waals surface area contributed by atoms with E-state index in [0.29, 0.717) is 5.75 Å². The Kier molecular flexibility index (Phi) is 7.61. The van der Waals surface area contributed by atoms with Crippen molar-refractivity contribution in [1.82, 2.24) is 9.62 Å². The van der Waals surface area contributed by atoms with E-state index < -0.39 is 10.0 Å². The van der Waals surface area contributed by atoms with E-state index in [1.54, 1.807) is 19.1 Å². The summed E-state index contributed by atoms with van der Waals surface area (Å²) >= 11 is 0. The highest BCUT2D eigenvalue weighted by Crippen LogP contribution is 2.20. The van der Waals surface area contributed by atoms with Gasteiger partial charge in [0.25, 0.3) is 5.91 Å². The van der Waals surface area contributed by atoms with E-state index in [0.717, 1.165) is 11.1 Å². The lowest BCUT2D eigenvalue weighted by Crippen LogP contribution is -2.31. The summed E-state index contributed by atoms with van der Waals surface area (Å²) in [6.45, 7) is 1.82. The molecule has 0 aliphatic carbocycles. The van der Waals surface area contributed by atoms with E-state index in [4.69, 9.17) is 4.74 Å². The quantitative estimate of drug-likeness (QED) is 0.530. The number of ether oxygens (including phenoxy) is 1. The van der Waals surface area contributed by atoms with Crippen LogP contribution in [0.15, 0.2) is 83.8 Å². The molecule has 3 aromatic rings. The van der Waals surface area contributed by atoms with E-state index >= 15 is 0 Å². The van der Waals surface area contributed by atoms with Crippen molar-refractivity contribution in [2.45, 2.75) is 24.4 Å². The average Bonchev–Trinajstić information content (AvgIpc) is 2.79. The number of carbonyl (C=O) groups excluding carboxylic acids is 1. The van der Waals surface area contributed by atoms with Crippen molar-refractivity contribution >= 4 is 15.9 Å². The van der Waals surface area contributed by atoms with Gasteiger partial charge in [-0.2, -0.15) is 4.31 Å². The summed E-state index contributed by atoms with van der Waals surface area (Å²) in [4.78, 5) is 12.3. The lowest BCUT2D eigenvalue weighted by molar-refractivity contribution is -0.123. The van der Waals surface area contributed by atoms with Gasteiger partial charge in [-0.3, -0.25) is 4.79 Å². The molecule has 3 rings (SSSR count). The second kappa shape index (κ2) is 10.4. The summed E-state index contributed by atoms with van der Waals surface area (Å²) in [6.07, 6.45) is 0. The molecule has 0 aliphatic heterocycles. The molecule has 0 aromatic heterocycles. The van der Waals surface area contributed by atoms with Crippen LogP contribution in [0.5, 0.6) is 5.75 Å². The van der Waals surface area contributed by atoms with Crippen molar-refractivity contribution in [2.24, 2.45) is 0 Å². The third kappa shape index (κ3) is 6.15. The number of hydrogen-bond acceptors (Lipinski definition) is 4. The van der Waals surface area contributed by atoms with Gasteiger partial charge in [0.2, 0.25) is 10.0 Å². The van der Waals surface area contributed by atoms with Crippen LogP contribution in [0.4, 0.5) is 4.39 Å². The Balaban J connectivity index is 1.54. The minimum absolute atomic E-state index is 0.137. The van der Waals surface area contributed by atoms with Crippen LogP contribution in [0.1, 0.15) is 24.1 Å². The van der Waals surface area contributed by atoms with Gasteiger partial charge in [-0.1, -0.05) is 42.5 Å². The molecule has 0 saturated carbocycles. The lowest BCUT2D eigenvalue weighted by atomic mass is 10.1. The minimum Gasteiger partial charge on any atom is -0.484 e. The molecule has 32 heavy (non-hydrogen) atoms. The molecule has 0 heterocycles. The van der Waals surface area contributed by atoms with Crippen LogP contribution in [-0.4, -0.2) is 32.3 Å². The Hall–Kier alpha value is -3.23. The van der Waals surface area contributed by atoms with Gasteiger partial charge < -0.3 is 10.1 Å². The van der Waals surface area contributed by atoms with Gasteiger partial charge in [-0.05, 0) is 54.4 Å². The van der Waals surface area contributed by atoms with Crippen LogP contribution in [-0.2, 0) is 21.4 Å².